The Kier molecular flexibility index (Phi) is 4.61. The molecule has 0 heterocycles. The minimum absolute atomic E-state index is 0.194. The molecule has 17 heavy (non-hydrogen) atoms. The van der Waals surface area contributed by atoms with Crippen LogP contribution in [-0.4, -0.2) is 20.2 Å². The van der Waals surface area contributed by atoms with E-state index in [4.69, 9.17) is 5.26 Å². The Morgan fingerprint density at radius 3 is 2.53 bits per heavy atom. The molecule has 0 spiro atoms. The normalized spacial score (nSPS) is 13.0. The van der Waals surface area contributed by atoms with Crippen molar-refractivity contribution >= 4 is 10.0 Å². The van der Waals surface area contributed by atoms with Gasteiger partial charge in [-0.1, -0.05) is 12.1 Å². The fraction of sp³-hybridized carbons (Fsp3) is 0.364. The first-order chi connectivity index (χ1) is 7.95. The molecule has 1 aromatic carbocycles. The predicted octanol–water partition coefficient (Wildman–Crippen LogP) is 1.20. The lowest BCUT2D eigenvalue weighted by Gasteiger charge is -2.07. The molecule has 92 valence electrons. The minimum atomic E-state index is -3.57. The third-order valence-electron chi connectivity index (χ3n) is 2.28. The van der Waals surface area contributed by atoms with Gasteiger partial charge in [-0.15, -0.1) is 0 Å². The number of rotatable bonds is 5. The van der Waals surface area contributed by atoms with Crippen LogP contribution in [0.2, 0.25) is 0 Å². The summed E-state index contributed by atoms with van der Waals surface area (Å²) in [6.45, 7) is 1.51. The molecule has 0 saturated carbocycles. The quantitative estimate of drug-likeness (QED) is 0.860. The van der Waals surface area contributed by atoms with Gasteiger partial charge in [0.1, 0.15) is 5.82 Å². The van der Waals surface area contributed by atoms with Gasteiger partial charge >= 0.3 is 0 Å². The Labute approximate surface area is 100 Å². The van der Waals surface area contributed by atoms with E-state index in [0.717, 1.165) is 5.56 Å². The minimum Gasteiger partial charge on any atom is -0.214 e. The zero-order chi connectivity index (χ0) is 12.9. The maximum atomic E-state index is 12.6. The average molecular weight is 256 g/mol. The van der Waals surface area contributed by atoms with Crippen LogP contribution in [0.25, 0.3) is 0 Å². The third-order valence-corrected chi connectivity index (χ3v) is 3.92. The van der Waals surface area contributed by atoms with Crippen LogP contribution in [0.1, 0.15) is 12.5 Å². The van der Waals surface area contributed by atoms with Gasteiger partial charge in [0.25, 0.3) is 0 Å². The van der Waals surface area contributed by atoms with Gasteiger partial charge in [-0.2, -0.15) is 5.26 Å². The van der Waals surface area contributed by atoms with Crippen molar-refractivity contribution < 1.29 is 12.8 Å². The van der Waals surface area contributed by atoms with Crippen molar-refractivity contribution in [1.82, 2.24) is 4.72 Å². The van der Waals surface area contributed by atoms with Gasteiger partial charge in [-0.05, 0) is 31.0 Å². The summed E-state index contributed by atoms with van der Waals surface area (Å²) in [5.41, 5.74) is 0.832. The first-order valence-corrected chi connectivity index (χ1v) is 6.63. The molecule has 0 fully saturated rings. The Morgan fingerprint density at radius 1 is 1.41 bits per heavy atom. The van der Waals surface area contributed by atoms with Gasteiger partial charge in [-0.3, -0.25) is 0 Å². The molecule has 0 unspecified atom stereocenters. The van der Waals surface area contributed by atoms with E-state index in [0.29, 0.717) is 6.42 Å². The van der Waals surface area contributed by atoms with E-state index in [2.05, 4.69) is 4.72 Å². The molecule has 0 bridgehead atoms. The van der Waals surface area contributed by atoms with Crippen LogP contribution in [-0.2, 0) is 16.4 Å². The maximum Gasteiger partial charge on any atom is 0.227 e. The van der Waals surface area contributed by atoms with E-state index in [-0.39, 0.29) is 12.4 Å². The van der Waals surface area contributed by atoms with Crippen LogP contribution in [0.4, 0.5) is 4.39 Å². The van der Waals surface area contributed by atoms with Crippen molar-refractivity contribution in [3.05, 3.63) is 35.6 Å². The number of benzene rings is 1. The van der Waals surface area contributed by atoms with Gasteiger partial charge < -0.3 is 0 Å². The van der Waals surface area contributed by atoms with Crippen LogP contribution >= 0.6 is 0 Å². The fourth-order valence-corrected chi connectivity index (χ4v) is 1.96. The average Bonchev–Trinajstić information content (AvgIpc) is 2.30. The van der Waals surface area contributed by atoms with Crippen molar-refractivity contribution in [3.8, 4) is 6.07 Å². The van der Waals surface area contributed by atoms with Crippen LogP contribution < -0.4 is 4.72 Å². The van der Waals surface area contributed by atoms with Crippen LogP contribution in [0, 0.1) is 17.1 Å². The Balaban J connectivity index is 2.49. The highest BCUT2D eigenvalue weighted by atomic mass is 32.2. The van der Waals surface area contributed by atoms with Crippen molar-refractivity contribution in [2.75, 3.05) is 6.54 Å². The Bertz CT molecular complexity index is 505. The van der Waals surface area contributed by atoms with E-state index < -0.39 is 15.3 Å². The molecule has 1 N–H and O–H groups in total. The van der Waals surface area contributed by atoms with E-state index in [1.54, 1.807) is 18.2 Å². The monoisotopic (exact) mass is 256 g/mol. The van der Waals surface area contributed by atoms with Crippen molar-refractivity contribution in [2.45, 2.75) is 18.6 Å². The number of hydrogen-bond acceptors (Lipinski definition) is 3. The summed E-state index contributed by atoms with van der Waals surface area (Å²) in [6.07, 6.45) is 0.456. The summed E-state index contributed by atoms with van der Waals surface area (Å²) >= 11 is 0. The first kappa shape index (κ1) is 13.6. The van der Waals surface area contributed by atoms with Gasteiger partial charge in [0.15, 0.2) is 5.25 Å². The fourth-order valence-electron chi connectivity index (χ4n) is 1.18. The molecule has 0 saturated heterocycles. The summed E-state index contributed by atoms with van der Waals surface area (Å²) < 4.78 is 37.8. The van der Waals surface area contributed by atoms with Crippen LogP contribution in [0.3, 0.4) is 0 Å². The lowest BCUT2D eigenvalue weighted by Crippen LogP contribution is -2.33. The summed E-state index contributed by atoms with van der Waals surface area (Å²) in [5, 5.41) is 7.43. The van der Waals surface area contributed by atoms with Gasteiger partial charge in [0.05, 0.1) is 6.07 Å². The summed E-state index contributed by atoms with van der Waals surface area (Å²) in [5.74, 6) is -0.326. The molecule has 4 nitrogen and oxygen atoms in total. The van der Waals surface area contributed by atoms with Crippen molar-refractivity contribution in [3.63, 3.8) is 0 Å². The highest BCUT2D eigenvalue weighted by molar-refractivity contribution is 7.90. The second-order valence-corrected chi connectivity index (χ2v) is 5.67. The molecule has 0 radical (unpaired) electrons. The van der Waals surface area contributed by atoms with Crippen LogP contribution in [0.15, 0.2) is 24.3 Å². The molecule has 0 aliphatic carbocycles. The molecule has 0 aliphatic heterocycles. The summed E-state index contributed by atoms with van der Waals surface area (Å²) in [6, 6.07) is 7.49. The SMILES string of the molecule is C[C@@H](C#N)S(=O)(=O)NCCc1ccc(F)cc1. The van der Waals surface area contributed by atoms with E-state index in [1.165, 1.54) is 19.1 Å². The Hall–Kier alpha value is -1.45. The lowest BCUT2D eigenvalue weighted by atomic mass is 10.1. The number of halogens is 1. The molecule has 0 amide bonds. The summed E-state index contributed by atoms with van der Waals surface area (Å²) in [4.78, 5) is 0. The highest BCUT2D eigenvalue weighted by Gasteiger charge is 2.18. The molecule has 1 rings (SSSR count). The van der Waals surface area contributed by atoms with Crippen LogP contribution in [0.5, 0.6) is 0 Å². The van der Waals surface area contributed by atoms with Gasteiger partial charge in [0.2, 0.25) is 10.0 Å². The van der Waals surface area contributed by atoms with E-state index >= 15 is 0 Å². The lowest BCUT2D eigenvalue weighted by molar-refractivity contribution is 0.577. The topological polar surface area (TPSA) is 70.0 Å². The molecular formula is C11H13FN2O2S. The molecule has 0 aromatic heterocycles. The number of sulfonamides is 1. The second kappa shape index (κ2) is 5.75. The molecule has 6 heteroatoms. The number of nitriles is 1. The molecule has 1 aromatic rings. The second-order valence-electron chi connectivity index (χ2n) is 3.59. The first-order valence-electron chi connectivity index (χ1n) is 5.08. The third kappa shape index (κ3) is 4.13. The molecule has 0 aliphatic rings. The van der Waals surface area contributed by atoms with Crippen molar-refractivity contribution in [2.24, 2.45) is 0 Å². The number of nitrogens with one attached hydrogen (secondary N) is 1. The zero-order valence-electron chi connectivity index (χ0n) is 9.35. The Morgan fingerprint density at radius 2 is 2.00 bits per heavy atom. The van der Waals surface area contributed by atoms with E-state index in [9.17, 15) is 12.8 Å². The maximum absolute atomic E-state index is 12.6. The van der Waals surface area contributed by atoms with Gasteiger partial charge in [-0.25, -0.2) is 17.5 Å². The predicted molar refractivity (Wildman–Crippen MR) is 62.1 cm³/mol. The highest BCUT2D eigenvalue weighted by Crippen LogP contribution is 2.03. The zero-order valence-corrected chi connectivity index (χ0v) is 10.2. The number of hydrogen-bond donors (Lipinski definition) is 1. The number of nitrogens with zero attached hydrogens (tertiary/aromatic N) is 1. The van der Waals surface area contributed by atoms with E-state index in [1.807, 2.05) is 0 Å². The standard InChI is InChI=1S/C11H13FN2O2S/c1-9(8-13)17(15,16)14-7-6-10-2-4-11(12)5-3-10/h2-5,9,14H,6-7H2,1H3/t9-/m0/s1. The summed E-state index contributed by atoms with van der Waals surface area (Å²) in [7, 11) is -3.57. The smallest absolute Gasteiger partial charge is 0.214 e. The largest absolute Gasteiger partial charge is 0.227 e. The van der Waals surface area contributed by atoms with Crippen molar-refractivity contribution in [1.29, 1.82) is 5.26 Å². The molecular weight excluding hydrogens is 243 g/mol. The molecule has 1 atom stereocenters. The van der Waals surface area contributed by atoms with Gasteiger partial charge in [0, 0.05) is 6.54 Å².